The van der Waals surface area contributed by atoms with Crippen molar-refractivity contribution in [3.63, 3.8) is 0 Å². The zero-order valence-corrected chi connectivity index (χ0v) is 20.2. The van der Waals surface area contributed by atoms with Gasteiger partial charge in [0.25, 0.3) is 0 Å². The Kier molecular flexibility index (Phi) is 9.25. The summed E-state index contributed by atoms with van der Waals surface area (Å²) in [5.41, 5.74) is 1.02. The minimum atomic E-state index is -0.334. The Morgan fingerprint density at radius 2 is 1.42 bits per heavy atom. The first-order chi connectivity index (χ1) is 16.1. The van der Waals surface area contributed by atoms with Crippen LogP contribution in [0.3, 0.4) is 0 Å². The van der Waals surface area contributed by atoms with E-state index >= 15 is 0 Å². The summed E-state index contributed by atoms with van der Waals surface area (Å²) in [4.78, 5) is 12.5. The van der Waals surface area contributed by atoms with E-state index in [9.17, 15) is 4.79 Å². The summed E-state index contributed by atoms with van der Waals surface area (Å²) in [6.45, 7) is 7.22. The summed E-state index contributed by atoms with van der Waals surface area (Å²) in [6.07, 6.45) is 2.56. The Morgan fingerprint density at radius 1 is 0.758 bits per heavy atom. The van der Waals surface area contributed by atoms with E-state index in [-0.39, 0.29) is 5.97 Å². The van der Waals surface area contributed by atoms with E-state index in [0.29, 0.717) is 66.1 Å². The van der Waals surface area contributed by atoms with Gasteiger partial charge in [0.2, 0.25) is 11.5 Å². The Hall–Kier alpha value is -2.92. The van der Waals surface area contributed by atoms with Gasteiger partial charge < -0.3 is 18.9 Å². The fourth-order valence-corrected chi connectivity index (χ4v) is 3.54. The molecule has 0 aromatic heterocycles. The molecule has 176 valence electrons. The molecule has 3 aromatic carbocycles. The SMILES string of the molecule is CCCOc1c(OCCC)c(OC(=O)CCC)c2cc(Cl)ccc2c1OCc1ccccc1. The van der Waals surface area contributed by atoms with Crippen molar-refractivity contribution in [1.29, 1.82) is 0 Å². The number of hydrogen-bond acceptors (Lipinski definition) is 5. The maximum absolute atomic E-state index is 12.5. The van der Waals surface area contributed by atoms with Crippen LogP contribution in [0.25, 0.3) is 10.8 Å². The van der Waals surface area contributed by atoms with Crippen LogP contribution in [0.2, 0.25) is 5.02 Å². The number of carbonyl (C=O) groups excluding carboxylic acids is 1. The second-order valence-electron chi connectivity index (χ2n) is 7.70. The van der Waals surface area contributed by atoms with Gasteiger partial charge in [0, 0.05) is 22.2 Å². The third-order valence-corrected chi connectivity index (χ3v) is 5.12. The molecule has 0 saturated carbocycles. The standard InChI is InChI=1S/C27H31ClO5/c1-4-10-23(29)33-25-22-17-20(28)13-14-21(22)24(32-18-19-11-8-7-9-12-19)26(30-15-5-2)27(25)31-16-6-3/h7-9,11-14,17H,4-6,10,15-16,18H2,1-3H3. The topological polar surface area (TPSA) is 54.0 Å². The van der Waals surface area contributed by atoms with Crippen LogP contribution in [-0.2, 0) is 11.4 Å². The molecule has 3 rings (SSSR count). The van der Waals surface area contributed by atoms with E-state index in [0.717, 1.165) is 23.8 Å². The molecule has 0 aliphatic rings. The fourth-order valence-electron chi connectivity index (χ4n) is 3.37. The van der Waals surface area contributed by atoms with Gasteiger partial charge in [-0.1, -0.05) is 62.7 Å². The Labute approximate surface area is 200 Å². The van der Waals surface area contributed by atoms with E-state index in [1.165, 1.54) is 0 Å². The first kappa shape index (κ1) is 24.7. The number of benzene rings is 3. The van der Waals surface area contributed by atoms with Gasteiger partial charge in [-0.2, -0.15) is 0 Å². The minimum absolute atomic E-state index is 0.298. The van der Waals surface area contributed by atoms with Crippen molar-refractivity contribution in [1.82, 2.24) is 0 Å². The van der Waals surface area contributed by atoms with E-state index in [1.54, 1.807) is 12.1 Å². The van der Waals surface area contributed by atoms with Crippen LogP contribution < -0.4 is 18.9 Å². The summed E-state index contributed by atoms with van der Waals surface area (Å²) in [5.74, 6) is 1.33. The molecule has 33 heavy (non-hydrogen) atoms. The lowest BCUT2D eigenvalue weighted by Crippen LogP contribution is -2.11. The lowest BCUT2D eigenvalue weighted by atomic mass is 10.1. The molecular formula is C27H31ClO5. The quantitative estimate of drug-likeness (QED) is 0.204. The third kappa shape index (κ3) is 6.32. The second kappa shape index (κ2) is 12.4. The molecule has 0 fully saturated rings. The normalized spacial score (nSPS) is 10.8. The molecule has 0 bridgehead atoms. The van der Waals surface area contributed by atoms with Gasteiger partial charge in [-0.3, -0.25) is 4.79 Å². The molecule has 0 atom stereocenters. The first-order valence-corrected chi connectivity index (χ1v) is 11.9. The molecule has 0 spiro atoms. The number of hydrogen-bond donors (Lipinski definition) is 0. The second-order valence-corrected chi connectivity index (χ2v) is 8.14. The number of halogens is 1. The van der Waals surface area contributed by atoms with Crippen LogP contribution in [0.1, 0.15) is 52.0 Å². The Morgan fingerprint density at radius 3 is 2.06 bits per heavy atom. The summed E-state index contributed by atoms with van der Waals surface area (Å²) >= 11 is 6.34. The van der Waals surface area contributed by atoms with Crippen molar-refractivity contribution < 1.29 is 23.7 Å². The Bertz CT molecular complexity index is 1070. The molecule has 0 aliphatic carbocycles. The van der Waals surface area contributed by atoms with Gasteiger partial charge in [-0.05, 0) is 43.0 Å². The van der Waals surface area contributed by atoms with E-state index in [1.807, 2.05) is 57.2 Å². The van der Waals surface area contributed by atoms with Crippen LogP contribution in [-0.4, -0.2) is 19.2 Å². The van der Waals surface area contributed by atoms with Gasteiger partial charge in [0.05, 0.1) is 13.2 Å². The lowest BCUT2D eigenvalue weighted by Gasteiger charge is -2.22. The number of fused-ring (bicyclic) bond motifs is 1. The van der Waals surface area contributed by atoms with Crippen molar-refractivity contribution in [3.05, 3.63) is 59.1 Å². The molecule has 0 radical (unpaired) electrons. The van der Waals surface area contributed by atoms with Crippen molar-refractivity contribution >= 4 is 28.3 Å². The molecule has 0 heterocycles. The van der Waals surface area contributed by atoms with Gasteiger partial charge >= 0.3 is 5.97 Å². The van der Waals surface area contributed by atoms with Gasteiger partial charge in [0.15, 0.2) is 11.5 Å². The maximum Gasteiger partial charge on any atom is 0.311 e. The van der Waals surface area contributed by atoms with E-state index in [2.05, 4.69) is 0 Å². The summed E-state index contributed by atoms with van der Waals surface area (Å²) in [5, 5.41) is 1.91. The van der Waals surface area contributed by atoms with Crippen LogP contribution in [0.4, 0.5) is 0 Å². The molecule has 0 N–H and O–H groups in total. The largest absolute Gasteiger partial charge is 0.486 e. The Balaban J connectivity index is 2.21. The molecule has 6 heteroatoms. The zero-order chi connectivity index (χ0) is 23.6. The van der Waals surface area contributed by atoms with Crippen molar-refractivity contribution in [3.8, 4) is 23.0 Å². The summed E-state index contributed by atoms with van der Waals surface area (Å²) < 4.78 is 24.4. The molecule has 0 amide bonds. The predicted molar refractivity (Wildman–Crippen MR) is 132 cm³/mol. The number of ether oxygens (including phenoxy) is 4. The highest BCUT2D eigenvalue weighted by Gasteiger charge is 2.26. The highest BCUT2D eigenvalue weighted by molar-refractivity contribution is 6.31. The highest BCUT2D eigenvalue weighted by Crippen LogP contribution is 2.52. The van der Waals surface area contributed by atoms with Crippen molar-refractivity contribution in [2.24, 2.45) is 0 Å². The van der Waals surface area contributed by atoms with Crippen LogP contribution in [0, 0.1) is 0 Å². The average Bonchev–Trinajstić information content (AvgIpc) is 2.82. The van der Waals surface area contributed by atoms with Crippen LogP contribution in [0.5, 0.6) is 23.0 Å². The maximum atomic E-state index is 12.5. The number of carbonyl (C=O) groups is 1. The van der Waals surface area contributed by atoms with Gasteiger partial charge in [-0.25, -0.2) is 0 Å². The van der Waals surface area contributed by atoms with Crippen molar-refractivity contribution in [2.45, 2.75) is 53.1 Å². The van der Waals surface area contributed by atoms with Crippen LogP contribution in [0.15, 0.2) is 48.5 Å². The van der Waals surface area contributed by atoms with E-state index in [4.69, 9.17) is 30.5 Å². The molecule has 3 aromatic rings. The molecule has 0 aliphatic heterocycles. The zero-order valence-electron chi connectivity index (χ0n) is 19.5. The van der Waals surface area contributed by atoms with E-state index < -0.39 is 0 Å². The van der Waals surface area contributed by atoms with Crippen molar-refractivity contribution in [2.75, 3.05) is 13.2 Å². The smallest absolute Gasteiger partial charge is 0.311 e. The minimum Gasteiger partial charge on any atom is -0.486 e. The molecule has 0 unspecified atom stereocenters. The number of esters is 1. The number of rotatable bonds is 12. The fraction of sp³-hybridized carbons (Fsp3) is 0.370. The molecular weight excluding hydrogens is 440 g/mol. The van der Waals surface area contributed by atoms with Crippen LogP contribution >= 0.6 is 11.6 Å². The van der Waals surface area contributed by atoms with Gasteiger partial charge in [0.1, 0.15) is 6.61 Å². The van der Waals surface area contributed by atoms with Gasteiger partial charge in [-0.15, -0.1) is 0 Å². The first-order valence-electron chi connectivity index (χ1n) is 11.5. The lowest BCUT2D eigenvalue weighted by molar-refractivity contribution is -0.134. The molecule has 0 saturated heterocycles. The summed E-state index contributed by atoms with van der Waals surface area (Å²) in [7, 11) is 0. The monoisotopic (exact) mass is 470 g/mol. The predicted octanol–water partition coefficient (Wildman–Crippen LogP) is 7.36. The highest BCUT2D eigenvalue weighted by atomic mass is 35.5. The summed E-state index contributed by atoms with van der Waals surface area (Å²) in [6, 6.07) is 15.3. The third-order valence-electron chi connectivity index (χ3n) is 4.89. The average molecular weight is 471 g/mol. The molecule has 5 nitrogen and oxygen atoms in total.